The van der Waals surface area contributed by atoms with Crippen LogP contribution in [0.4, 0.5) is 0 Å². The molecule has 10 N–H and O–H groups in total. The molecule has 2 aliphatic heterocycles. The fraction of sp³-hybridized carbons (Fsp3) is 0.464. The van der Waals surface area contributed by atoms with E-state index in [1.54, 1.807) is 0 Å². The summed E-state index contributed by atoms with van der Waals surface area (Å²) in [4.78, 5) is 12.9. The highest BCUT2D eigenvalue weighted by atomic mass is 16.8. The Morgan fingerprint density at radius 3 is 2.02 bits per heavy atom. The first kappa shape index (κ1) is 32.6. The molecule has 2 aliphatic rings. The SMILES string of the molecule is COc1ccc(-c2cc(=O)c3c(O)c(O)c(O[C@@H]4OC(CO)[C@@H](O)[C@H](O)C4O[C@@H]4OC(CO)[C@@H](O)[C@H](O)C4O)cc3o2)cc1O. The van der Waals surface area contributed by atoms with Gasteiger partial charge in [0.1, 0.15) is 59.5 Å². The van der Waals surface area contributed by atoms with Gasteiger partial charge in [0.2, 0.25) is 12.0 Å². The Kier molecular flexibility index (Phi) is 9.38. The molecule has 2 saturated heterocycles. The number of phenols is 3. The molecule has 0 aliphatic carbocycles. The Bertz CT molecular complexity index is 1570. The van der Waals surface area contributed by atoms with Crippen LogP contribution in [0.25, 0.3) is 22.3 Å². The molecule has 246 valence electrons. The average molecular weight is 641 g/mol. The summed E-state index contributed by atoms with van der Waals surface area (Å²) >= 11 is 0. The summed E-state index contributed by atoms with van der Waals surface area (Å²) in [6.07, 6.45) is -17.6. The molecule has 0 saturated carbocycles. The monoisotopic (exact) mass is 640 g/mol. The van der Waals surface area contributed by atoms with E-state index in [9.17, 15) is 55.9 Å². The third kappa shape index (κ3) is 5.98. The van der Waals surface area contributed by atoms with Crippen LogP contribution in [0.1, 0.15) is 0 Å². The fourth-order valence-electron chi connectivity index (χ4n) is 5.10. The van der Waals surface area contributed by atoms with E-state index in [0.717, 1.165) is 12.1 Å². The van der Waals surface area contributed by atoms with Gasteiger partial charge in [-0.25, -0.2) is 0 Å². The largest absolute Gasteiger partial charge is 0.504 e. The Morgan fingerprint density at radius 2 is 1.40 bits per heavy atom. The zero-order valence-electron chi connectivity index (χ0n) is 23.4. The molecule has 0 amide bonds. The van der Waals surface area contributed by atoms with Crippen molar-refractivity contribution in [3.63, 3.8) is 0 Å². The second-order valence-electron chi connectivity index (χ2n) is 10.4. The first-order valence-corrected chi connectivity index (χ1v) is 13.5. The number of methoxy groups -OCH3 is 1. The van der Waals surface area contributed by atoms with Gasteiger partial charge in [0.05, 0.1) is 20.3 Å². The quantitative estimate of drug-likeness (QED) is 0.115. The summed E-state index contributed by atoms with van der Waals surface area (Å²) in [5.41, 5.74) is -0.842. The molecule has 2 aromatic carbocycles. The van der Waals surface area contributed by atoms with Crippen LogP contribution in [-0.4, -0.2) is 133 Å². The Morgan fingerprint density at radius 1 is 0.756 bits per heavy atom. The van der Waals surface area contributed by atoms with Crippen LogP contribution in [0.5, 0.6) is 28.7 Å². The van der Waals surface area contributed by atoms with Crippen LogP contribution in [0.3, 0.4) is 0 Å². The number of aliphatic hydroxyl groups is 7. The summed E-state index contributed by atoms with van der Waals surface area (Å²) < 4.78 is 32.9. The van der Waals surface area contributed by atoms with Crippen LogP contribution in [0.15, 0.2) is 39.5 Å². The Labute approximate surface area is 252 Å². The lowest BCUT2D eigenvalue weighted by Crippen LogP contribution is -2.65. The van der Waals surface area contributed by atoms with Crippen molar-refractivity contribution in [2.75, 3.05) is 20.3 Å². The molecule has 5 rings (SSSR count). The lowest BCUT2D eigenvalue weighted by atomic mass is 9.97. The van der Waals surface area contributed by atoms with Crippen LogP contribution in [0.2, 0.25) is 0 Å². The van der Waals surface area contributed by atoms with Gasteiger partial charge >= 0.3 is 0 Å². The third-order valence-electron chi connectivity index (χ3n) is 7.60. The van der Waals surface area contributed by atoms with E-state index < -0.39 is 103 Å². The highest BCUT2D eigenvalue weighted by Gasteiger charge is 2.51. The van der Waals surface area contributed by atoms with Crippen molar-refractivity contribution in [3.05, 3.63) is 40.6 Å². The van der Waals surface area contributed by atoms with Gasteiger partial charge in [0.25, 0.3) is 0 Å². The van der Waals surface area contributed by atoms with Crippen LogP contribution in [-0.2, 0) is 14.2 Å². The number of rotatable bonds is 8. The minimum absolute atomic E-state index is 0.0573. The van der Waals surface area contributed by atoms with E-state index in [0.29, 0.717) is 0 Å². The third-order valence-corrected chi connectivity index (χ3v) is 7.60. The van der Waals surface area contributed by atoms with E-state index in [2.05, 4.69) is 0 Å². The van der Waals surface area contributed by atoms with Crippen LogP contribution in [0, 0.1) is 0 Å². The molecule has 45 heavy (non-hydrogen) atoms. The molecule has 17 nitrogen and oxygen atoms in total. The summed E-state index contributed by atoms with van der Waals surface area (Å²) in [5.74, 6) is -2.68. The predicted octanol–water partition coefficient (Wildman–Crippen LogP) is -2.41. The number of aliphatic hydroxyl groups excluding tert-OH is 7. The van der Waals surface area contributed by atoms with E-state index in [1.165, 1.54) is 25.3 Å². The maximum absolute atomic E-state index is 12.9. The van der Waals surface area contributed by atoms with Crippen LogP contribution < -0.4 is 14.9 Å². The van der Waals surface area contributed by atoms with Crippen molar-refractivity contribution in [2.24, 2.45) is 0 Å². The number of fused-ring (bicyclic) bond motifs is 1. The first-order chi connectivity index (χ1) is 21.4. The second kappa shape index (κ2) is 12.9. The summed E-state index contributed by atoms with van der Waals surface area (Å²) in [6.45, 7) is -1.62. The Balaban J connectivity index is 1.52. The van der Waals surface area contributed by atoms with Gasteiger partial charge in [-0.05, 0) is 18.2 Å². The number of hydrogen-bond donors (Lipinski definition) is 10. The number of aromatic hydroxyl groups is 3. The highest BCUT2D eigenvalue weighted by molar-refractivity contribution is 5.89. The molecule has 17 heteroatoms. The molecule has 10 atom stereocenters. The number of hydrogen-bond acceptors (Lipinski definition) is 17. The van der Waals surface area contributed by atoms with E-state index >= 15 is 0 Å². The van der Waals surface area contributed by atoms with E-state index in [-0.39, 0.29) is 28.4 Å². The summed E-state index contributed by atoms with van der Waals surface area (Å²) in [5, 5.41) is 102. The second-order valence-corrected chi connectivity index (χ2v) is 10.4. The molecule has 2 fully saturated rings. The fourth-order valence-corrected chi connectivity index (χ4v) is 5.10. The number of phenolic OH excluding ortho intramolecular Hbond substituents is 3. The molecule has 0 spiro atoms. The molecule has 4 unspecified atom stereocenters. The van der Waals surface area contributed by atoms with Crippen molar-refractivity contribution in [1.29, 1.82) is 0 Å². The van der Waals surface area contributed by atoms with Crippen LogP contribution >= 0.6 is 0 Å². The average Bonchev–Trinajstić information content (AvgIpc) is 3.02. The number of ether oxygens (including phenoxy) is 5. The van der Waals surface area contributed by atoms with Gasteiger partial charge in [-0.3, -0.25) is 4.79 Å². The van der Waals surface area contributed by atoms with Gasteiger partial charge in [0.15, 0.2) is 40.8 Å². The minimum atomic E-state index is -1.92. The van der Waals surface area contributed by atoms with Crippen molar-refractivity contribution < 1.29 is 79.2 Å². The molecule has 0 bridgehead atoms. The molecule has 1 aromatic heterocycles. The van der Waals surface area contributed by atoms with Gasteiger partial charge in [-0.1, -0.05) is 0 Å². The molecule has 3 aromatic rings. The molecular weight excluding hydrogens is 608 g/mol. The van der Waals surface area contributed by atoms with Crippen molar-refractivity contribution >= 4 is 11.0 Å². The zero-order chi connectivity index (χ0) is 32.7. The topological polar surface area (TPSA) is 279 Å². The maximum atomic E-state index is 12.9. The van der Waals surface area contributed by atoms with E-state index in [4.69, 9.17) is 28.1 Å². The first-order valence-electron chi connectivity index (χ1n) is 13.5. The number of benzene rings is 2. The smallest absolute Gasteiger partial charge is 0.229 e. The van der Waals surface area contributed by atoms with E-state index in [1.807, 2.05) is 0 Å². The van der Waals surface area contributed by atoms with Crippen molar-refractivity contribution in [1.82, 2.24) is 0 Å². The predicted molar refractivity (Wildman–Crippen MR) is 146 cm³/mol. The standard InChI is InChI=1S/C28H32O17/c1-40-12-3-2-9(4-10(12)31)13-5-11(32)18-14(41-13)6-15(19(33)22(18)36)42-28-26(24(38)21(35)17(8-30)44-28)45-27-25(39)23(37)20(34)16(7-29)43-27/h2-6,16-17,20-21,23-31,33-39H,7-8H2,1H3/t16?,17?,20-,21-,23+,24+,25?,26?,27+,28-/m1/s1. The summed E-state index contributed by atoms with van der Waals surface area (Å²) in [6, 6.07) is 6.18. The summed E-state index contributed by atoms with van der Waals surface area (Å²) in [7, 11) is 1.35. The van der Waals surface area contributed by atoms with Gasteiger partial charge in [-0.2, -0.15) is 0 Å². The van der Waals surface area contributed by atoms with Gasteiger partial charge < -0.3 is 79.2 Å². The molecule has 3 heterocycles. The zero-order valence-corrected chi connectivity index (χ0v) is 23.4. The minimum Gasteiger partial charge on any atom is -0.504 e. The maximum Gasteiger partial charge on any atom is 0.229 e. The lowest BCUT2D eigenvalue weighted by Gasteiger charge is -2.45. The molecular formula is C28H32O17. The van der Waals surface area contributed by atoms with Gasteiger partial charge in [-0.15, -0.1) is 0 Å². The lowest BCUT2D eigenvalue weighted by molar-refractivity contribution is -0.358. The highest BCUT2D eigenvalue weighted by Crippen LogP contribution is 2.43. The normalized spacial score (nSPS) is 32.0. The molecule has 0 radical (unpaired) electrons. The van der Waals surface area contributed by atoms with Crippen molar-refractivity contribution in [2.45, 2.75) is 61.4 Å². The van der Waals surface area contributed by atoms with Gasteiger partial charge in [0, 0.05) is 17.7 Å². The van der Waals surface area contributed by atoms with Crippen molar-refractivity contribution in [3.8, 4) is 40.1 Å². The Hall–Kier alpha value is -3.75.